The highest BCUT2D eigenvalue weighted by Gasteiger charge is 1.93. The molecule has 2 heterocycles. The zero-order valence-corrected chi connectivity index (χ0v) is 8.36. The summed E-state index contributed by atoms with van der Waals surface area (Å²) in [5.74, 6) is 0.811. The molecule has 0 fully saturated rings. The van der Waals surface area contributed by atoms with Crippen LogP contribution in [0.4, 0.5) is 0 Å². The summed E-state index contributed by atoms with van der Waals surface area (Å²) in [6.07, 6.45) is 3.13. The van der Waals surface area contributed by atoms with E-state index in [2.05, 4.69) is 23.9 Å². The maximum atomic E-state index is 4.16. The molecule has 0 aliphatic rings. The van der Waals surface area contributed by atoms with E-state index in [0.717, 1.165) is 11.5 Å². The van der Waals surface area contributed by atoms with Crippen LogP contribution >= 0.6 is 0 Å². The van der Waals surface area contributed by atoms with Crippen molar-refractivity contribution in [2.45, 2.75) is 27.2 Å². The molecule has 0 unspecified atom stereocenters. The average Bonchev–Trinajstić information content (AvgIpc) is 2.45. The monoisotopic (exact) mass is 177 g/mol. The van der Waals surface area contributed by atoms with Gasteiger partial charge < -0.3 is 0 Å². The molecule has 70 valence electrons. The Balaban J connectivity index is 0.000000251. The highest BCUT2D eigenvalue weighted by atomic mass is 15.3. The van der Waals surface area contributed by atoms with Crippen LogP contribution in [0, 0.1) is 6.92 Å². The quantitative estimate of drug-likeness (QED) is 0.618. The molecule has 0 aromatic carbocycles. The van der Waals surface area contributed by atoms with Gasteiger partial charge >= 0.3 is 0 Å². The van der Waals surface area contributed by atoms with E-state index in [9.17, 15) is 0 Å². The summed E-state index contributed by atoms with van der Waals surface area (Å²) >= 11 is 0. The summed E-state index contributed by atoms with van der Waals surface area (Å²) in [5.41, 5.74) is 0.903. The molecular formula is C10H15N3. The smallest absolute Gasteiger partial charge is 0.155 e. The first-order valence-corrected chi connectivity index (χ1v) is 4.56. The average molecular weight is 177 g/mol. The zero-order chi connectivity index (χ0) is 9.68. The van der Waals surface area contributed by atoms with Crippen LogP contribution in [0.25, 0.3) is 5.65 Å². The van der Waals surface area contributed by atoms with Gasteiger partial charge in [-0.05, 0) is 19.1 Å². The van der Waals surface area contributed by atoms with Gasteiger partial charge in [0, 0.05) is 6.20 Å². The van der Waals surface area contributed by atoms with Gasteiger partial charge in [0.15, 0.2) is 5.65 Å². The van der Waals surface area contributed by atoms with E-state index in [-0.39, 0.29) is 0 Å². The molecule has 0 spiro atoms. The summed E-state index contributed by atoms with van der Waals surface area (Å²) in [6.45, 7) is 6.13. The largest absolute Gasteiger partial charge is 0.221 e. The number of rotatable bonds is 0. The lowest BCUT2D eigenvalue weighted by Crippen LogP contribution is -1.83. The van der Waals surface area contributed by atoms with Gasteiger partial charge in [0.05, 0.1) is 0 Å². The van der Waals surface area contributed by atoms with Crippen molar-refractivity contribution in [2.75, 3.05) is 0 Å². The summed E-state index contributed by atoms with van der Waals surface area (Å²) < 4.78 is 1.76. The van der Waals surface area contributed by atoms with Crippen molar-refractivity contribution in [2.24, 2.45) is 0 Å². The molecule has 0 saturated carbocycles. The van der Waals surface area contributed by atoms with E-state index in [1.165, 1.54) is 6.42 Å². The Kier molecular flexibility index (Phi) is 3.43. The molecule has 3 heteroatoms. The number of hydrogen-bond acceptors (Lipinski definition) is 2. The molecule has 0 saturated heterocycles. The van der Waals surface area contributed by atoms with Crippen LogP contribution in [0.3, 0.4) is 0 Å². The maximum absolute atomic E-state index is 4.16. The number of hydrogen-bond donors (Lipinski definition) is 0. The molecule has 0 N–H and O–H groups in total. The van der Waals surface area contributed by atoms with Crippen molar-refractivity contribution in [3.05, 3.63) is 30.2 Å². The molecule has 3 nitrogen and oxygen atoms in total. The number of fused-ring (bicyclic) bond motifs is 1. The first-order valence-electron chi connectivity index (χ1n) is 4.56. The van der Waals surface area contributed by atoms with E-state index >= 15 is 0 Å². The standard InChI is InChI=1S/C7H7N3.C3H8/c1-6-8-7-4-2-3-5-10(7)9-6;1-3-2/h2-5H,1H3;3H2,1-2H3. The molecule has 2 aromatic heterocycles. The van der Waals surface area contributed by atoms with Crippen molar-refractivity contribution < 1.29 is 0 Å². The third kappa shape index (κ3) is 2.54. The molecule has 0 radical (unpaired) electrons. The Morgan fingerprint density at radius 2 is 2.00 bits per heavy atom. The van der Waals surface area contributed by atoms with Crippen molar-refractivity contribution in [1.29, 1.82) is 0 Å². The van der Waals surface area contributed by atoms with Gasteiger partial charge in [-0.1, -0.05) is 26.3 Å². The third-order valence-corrected chi connectivity index (χ3v) is 1.35. The van der Waals surface area contributed by atoms with Gasteiger partial charge in [0.25, 0.3) is 0 Å². The molecule has 2 aromatic rings. The molecule has 13 heavy (non-hydrogen) atoms. The predicted molar refractivity (Wildman–Crippen MR) is 53.7 cm³/mol. The Morgan fingerprint density at radius 1 is 1.31 bits per heavy atom. The molecule has 0 bridgehead atoms. The normalized spacial score (nSPS) is 9.46. The lowest BCUT2D eigenvalue weighted by atomic mass is 10.5. The van der Waals surface area contributed by atoms with Gasteiger partial charge in [-0.2, -0.15) is 5.10 Å². The first kappa shape index (κ1) is 9.71. The van der Waals surface area contributed by atoms with E-state index in [1.54, 1.807) is 4.52 Å². The summed E-state index contributed by atoms with van der Waals surface area (Å²) in [4.78, 5) is 4.16. The van der Waals surface area contributed by atoms with Gasteiger partial charge in [-0.25, -0.2) is 9.50 Å². The summed E-state index contributed by atoms with van der Waals surface area (Å²) in [5, 5.41) is 4.12. The number of nitrogens with zero attached hydrogens (tertiary/aromatic N) is 3. The molecule has 0 amide bonds. The Labute approximate surface area is 78.4 Å². The number of aryl methyl sites for hydroxylation is 1. The van der Waals surface area contributed by atoms with E-state index in [1.807, 2.05) is 31.3 Å². The third-order valence-electron chi connectivity index (χ3n) is 1.35. The van der Waals surface area contributed by atoms with Crippen LogP contribution in [0.15, 0.2) is 24.4 Å². The minimum atomic E-state index is 0.811. The molecule has 0 aliphatic carbocycles. The molecule has 0 atom stereocenters. The minimum Gasteiger partial charge on any atom is -0.221 e. The van der Waals surface area contributed by atoms with Crippen LogP contribution in [0.2, 0.25) is 0 Å². The maximum Gasteiger partial charge on any atom is 0.155 e. The van der Waals surface area contributed by atoms with Crippen LogP contribution in [0.1, 0.15) is 26.1 Å². The van der Waals surface area contributed by atoms with Gasteiger partial charge in [0.2, 0.25) is 0 Å². The fraction of sp³-hybridized carbons (Fsp3) is 0.400. The molecular weight excluding hydrogens is 162 g/mol. The van der Waals surface area contributed by atoms with Crippen molar-refractivity contribution in [3.8, 4) is 0 Å². The van der Waals surface area contributed by atoms with E-state index in [0.29, 0.717) is 0 Å². The van der Waals surface area contributed by atoms with E-state index in [4.69, 9.17) is 0 Å². The van der Waals surface area contributed by atoms with Crippen LogP contribution in [-0.4, -0.2) is 14.6 Å². The van der Waals surface area contributed by atoms with Crippen LogP contribution < -0.4 is 0 Å². The van der Waals surface area contributed by atoms with Gasteiger partial charge in [-0.3, -0.25) is 0 Å². The fourth-order valence-corrected chi connectivity index (χ4v) is 0.943. The van der Waals surface area contributed by atoms with E-state index < -0.39 is 0 Å². The van der Waals surface area contributed by atoms with Crippen molar-refractivity contribution in [3.63, 3.8) is 0 Å². The first-order chi connectivity index (χ1) is 6.27. The summed E-state index contributed by atoms with van der Waals surface area (Å²) in [6, 6.07) is 5.81. The topological polar surface area (TPSA) is 30.2 Å². The Bertz CT molecular complexity index is 332. The second kappa shape index (κ2) is 4.60. The molecule has 0 aliphatic heterocycles. The number of aromatic nitrogens is 3. The van der Waals surface area contributed by atoms with Crippen LogP contribution in [-0.2, 0) is 0 Å². The number of pyridine rings is 1. The fourth-order valence-electron chi connectivity index (χ4n) is 0.943. The lowest BCUT2D eigenvalue weighted by Gasteiger charge is -1.84. The van der Waals surface area contributed by atoms with Crippen molar-refractivity contribution >= 4 is 5.65 Å². The Morgan fingerprint density at radius 3 is 2.62 bits per heavy atom. The molecule has 2 rings (SSSR count). The minimum absolute atomic E-state index is 0.811. The van der Waals surface area contributed by atoms with Gasteiger partial charge in [-0.15, -0.1) is 0 Å². The highest BCUT2D eigenvalue weighted by Crippen LogP contribution is 1.97. The summed E-state index contributed by atoms with van der Waals surface area (Å²) in [7, 11) is 0. The zero-order valence-electron chi connectivity index (χ0n) is 8.36. The van der Waals surface area contributed by atoms with Gasteiger partial charge in [0.1, 0.15) is 5.82 Å². The second-order valence-corrected chi connectivity index (χ2v) is 2.87. The Hall–Kier alpha value is -1.38. The lowest BCUT2D eigenvalue weighted by molar-refractivity contribution is 0.931. The SMILES string of the molecule is CCC.Cc1nc2ccccn2n1. The highest BCUT2D eigenvalue weighted by molar-refractivity contribution is 5.35. The predicted octanol–water partition coefficient (Wildman–Crippen LogP) is 2.45. The van der Waals surface area contributed by atoms with Crippen molar-refractivity contribution in [1.82, 2.24) is 14.6 Å². The van der Waals surface area contributed by atoms with Crippen LogP contribution in [0.5, 0.6) is 0 Å². The second-order valence-electron chi connectivity index (χ2n) is 2.87.